The summed E-state index contributed by atoms with van der Waals surface area (Å²) in [6, 6.07) is 2.30. The van der Waals surface area contributed by atoms with E-state index < -0.39 is 0 Å². The molecular weight excluding hydrogens is 248 g/mol. The second-order valence-electron chi connectivity index (χ2n) is 6.54. The molecule has 1 aromatic heterocycles. The number of allylic oxidation sites excluding steroid dienone is 2. The third kappa shape index (κ3) is 2.42. The van der Waals surface area contributed by atoms with Crippen LogP contribution < -0.4 is 5.32 Å². The summed E-state index contributed by atoms with van der Waals surface area (Å²) in [7, 11) is 0. The molecular formula is C16H24N4. The zero-order chi connectivity index (χ0) is 13.4. The van der Waals surface area contributed by atoms with Crippen molar-refractivity contribution in [2.24, 2.45) is 11.8 Å². The van der Waals surface area contributed by atoms with E-state index in [9.17, 15) is 0 Å². The summed E-state index contributed by atoms with van der Waals surface area (Å²) in [6.45, 7) is 6.71. The predicted molar refractivity (Wildman–Crippen MR) is 79.2 cm³/mol. The fourth-order valence-corrected chi connectivity index (χ4v) is 3.97. The molecule has 1 N–H and O–H groups in total. The molecule has 1 aliphatic carbocycles. The lowest BCUT2D eigenvalue weighted by molar-refractivity contribution is 0.308. The first-order valence-electron chi connectivity index (χ1n) is 8.02. The highest BCUT2D eigenvalue weighted by molar-refractivity contribution is 5.12. The molecule has 4 heteroatoms. The molecule has 0 saturated carbocycles. The third-order valence-electron chi connectivity index (χ3n) is 5.03. The minimum Gasteiger partial charge on any atom is -0.311 e. The van der Waals surface area contributed by atoms with Gasteiger partial charge in [0.25, 0.3) is 0 Å². The normalized spacial score (nSPS) is 30.0. The van der Waals surface area contributed by atoms with Crippen molar-refractivity contribution in [2.75, 3.05) is 19.6 Å². The zero-order valence-corrected chi connectivity index (χ0v) is 12.1. The number of hydrogen-bond acceptors (Lipinski definition) is 3. The molecule has 0 spiro atoms. The molecule has 3 aliphatic rings. The van der Waals surface area contributed by atoms with Gasteiger partial charge in [-0.25, -0.2) is 0 Å². The number of nitrogens with zero attached hydrogens (tertiary/aromatic N) is 3. The van der Waals surface area contributed by atoms with Gasteiger partial charge in [0.05, 0.1) is 11.4 Å². The van der Waals surface area contributed by atoms with Crippen LogP contribution in [0.5, 0.6) is 0 Å². The molecule has 1 aromatic rings. The summed E-state index contributed by atoms with van der Waals surface area (Å²) in [6.07, 6.45) is 8.49. The van der Waals surface area contributed by atoms with Crippen molar-refractivity contribution < 1.29 is 0 Å². The largest absolute Gasteiger partial charge is 0.311 e. The number of aromatic nitrogens is 2. The van der Waals surface area contributed by atoms with Crippen molar-refractivity contribution in [3.05, 3.63) is 29.6 Å². The zero-order valence-electron chi connectivity index (χ0n) is 12.1. The van der Waals surface area contributed by atoms with Crippen LogP contribution in [-0.4, -0.2) is 34.3 Å². The fourth-order valence-electron chi connectivity index (χ4n) is 3.97. The van der Waals surface area contributed by atoms with Crippen molar-refractivity contribution in [3.8, 4) is 0 Å². The molecule has 0 amide bonds. The second kappa shape index (κ2) is 5.34. The molecule has 20 heavy (non-hydrogen) atoms. The van der Waals surface area contributed by atoms with Crippen molar-refractivity contribution in [3.63, 3.8) is 0 Å². The van der Waals surface area contributed by atoms with Crippen LogP contribution >= 0.6 is 0 Å². The van der Waals surface area contributed by atoms with Gasteiger partial charge in [-0.2, -0.15) is 5.10 Å². The molecule has 108 valence electrons. The number of nitrogens with one attached hydrogen (secondary N) is 1. The van der Waals surface area contributed by atoms with Gasteiger partial charge in [0.15, 0.2) is 0 Å². The van der Waals surface area contributed by atoms with Crippen LogP contribution in [0.2, 0.25) is 0 Å². The van der Waals surface area contributed by atoms with E-state index in [0.29, 0.717) is 0 Å². The SMILES string of the molecule is C1=CC[C@H]2CN(Cc3cc4n(n3)CCCNC4)C[C@H]2C1. The molecule has 1 saturated heterocycles. The van der Waals surface area contributed by atoms with Crippen LogP contribution in [0.3, 0.4) is 0 Å². The highest BCUT2D eigenvalue weighted by Gasteiger charge is 2.32. The third-order valence-corrected chi connectivity index (χ3v) is 5.03. The number of likely N-dealkylation sites (tertiary alicyclic amines) is 1. The van der Waals surface area contributed by atoms with E-state index in [1.165, 1.54) is 43.7 Å². The first-order chi connectivity index (χ1) is 9.88. The smallest absolute Gasteiger partial charge is 0.0768 e. The highest BCUT2D eigenvalue weighted by atomic mass is 15.3. The van der Waals surface area contributed by atoms with Crippen molar-refractivity contribution in [1.82, 2.24) is 20.0 Å². The van der Waals surface area contributed by atoms with Crippen LogP contribution in [0, 0.1) is 11.8 Å². The van der Waals surface area contributed by atoms with Gasteiger partial charge >= 0.3 is 0 Å². The number of aryl methyl sites for hydroxylation is 1. The lowest BCUT2D eigenvalue weighted by Gasteiger charge is -2.18. The molecule has 0 radical (unpaired) electrons. The standard InChI is InChI=1S/C16H24N4/c1-2-5-14-11-19(10-13(14)4-1)12-15-8-16-9-17-6-3-7-20(16)18-15/h1-2,8,13-14,17H,3-7,9-12H2/t13-,14+. The van der Waals surface area contributed by atoms with Crippen LogP contribution in [0.15, 0.2) is 18.2 Å². The molecule has 4 nitrogen and oxygen atoms in total. The van der Waals surface area contributed by atoms with E-state index in [4.69, 9.17) is 5.10 Å². The first-order valence-corrected chi connectivity index (χ1v) is 8.02. The average Bonchev–Trinajstić information content (AvgIpc) is 2.96. The van der Waals surface area contributed by atoms with Gasteiger partial charge in [-0.15, -0.1) is 0 Å². The van der Waals surface area contributed by atoms with Crippen LogP contribution in [-0.2, 0) is 19.6 Å². The fraction of sp³-hybridized carbons (Fsp3) is 0.688. The Kier molecular flexibility index (Phi) is 3.36. The summed E-state index contributed by atoms with van der Waals surface area (Å²) < 4.78 is 2.21. The predicted octanol–water partition coefficient (Wildman–Crippen LogP) is 1.77. The maximum atomic E-state index is 4.81. The lowest BCUT2D eigenvalue weighted by Crippen LogP contribution is -2.20. The van der Waals surface area contributed by atoms with E-state index in [1.807, 2.05) is 0 Å². The first kappa shape index (κ1) is 12.6. The maximum absolute atomic E-state index is 4.81. The Balaban J connectivity index is 1.42. The Morgan fingerprint density at radius 1 is 1.20 bits per heavy atom. The molecule has 2 aliphatic heterocycles. The molecule has 3 heterocycles. The Hall–Kier alpha value is -1.13. The van der Waals surface area contributed by atoms with Crippen molar-refractivity contribution in [1.29, 1.82) is 0 Å². The number of rotatable bonds is 2. The maximum Gasteiger partial charge on any atom is 0.0768 e. The summed E-state index contributed by atoms with van der Waals surface area (Å²) in [5, 5.41) is 8.28. The summed E-state index contributed by atoms with van der Waals surface area (Å²) in [4.78, 5) is 2.61. The highest BCUT2D eigenvalue weighted by Crippen LogP contribution is 2.33. The van der Waals surface area contributed by atoms with Gasteiger partial charge in [0.2, 0.25) is 0 Å². The summed E-state index contributed by atoms with van der Waals surface area (Å²) >= 11 is 0. The quantitative estimate of drug-likeness (QED) is 0.833. The van der Waals surface area contributed by atoms with Crippen LogP contribution in [0.4, 0.5) is 0 Å². The van der Waals surface area contributed by atoms with Crippen LogP contribution in [0.25, 0.3) is 0 Å². The number of fused-ring (bicyclic) bond motifs is 2. The Labute approximate surface area is 120 Å². The Bertz CT molecular complexity index is 465. The van der Waals surface area contributed by atoms with E-state index in [1.54, 1.807) is 0 Å². The van der Waals surface area contributed by atoms with E-state index >= 15 is 0 Å². The molecule has 0 bridgehead atoms. The topological polar surface area (TPSA) is 33.1 Å². The lowest BCUT2D eigenvalue weighted by atomic mass is 9.86. The summed E-state index contributed by atoms with van der Waals surface area (Å²) in [5.41, 5.74) is 2.62. The van der Waals surface area contributed by atoms with Crippen molar-refractivity contribution >= 4 is 0 Å². The van der Waals surface area contributed by atoms with Crippen LogP contribution in [0.1, 0.15) is 30.7 Å². The molecule has 1 fully saturated rings. The second-order valence-corrected chi connectivity index (χ2v) is 6.54. The van der Waals surface area contributed by atoms with Crippen molar-refractivity contribution in [2.45, 2.75) is 38.9 Å². The van der Waals surface area contributed by atoms with Gasteiger partial charge in [-0.3, -0.25) is 9.58 Å². The van der Waals surface area contributed by atoms with Gasteiger partial charge in [0, 0.05) is 32.7 Å². The minimum atomic E-state index is 0.891. The Morgan fingerprint density at radius 2 is 2.00 bits per heavy atom. The molecule has 0 aromatic carbocycles. The minimum absolute atomic E-state index is 0.891. The Morgan fingerprint density at radius 3 is 2.80 bits per heavy atom. The van der Waals surface area contributed by atoms with E-state index in [-0.39, 0.29) is 0 Å². The molecule has 4 rings (SSSR count). The average molecular weight is 272 g/mol. The monoisotopic (exact) mass is 272 g/mol. The number of hydrogen-bond donors (Lipinski definition) is 1. The van der Waals surface area contributed by atoms with Gasteiger partial charge in [0.1, 0.15) is 0 Å². The summed E-state index contributed by atoms with van der Waals surface area (Å²) in [5.74, 6) is 1.78. The van der Waals surface area contributed by atoms with Gasteiger partial charge in [-0.1, -0.05) is 12.2 Å². The molecule has 0 unspecified atom stereocenters. The molecule has 2 atom stereocenters. The van der Waals surface area contributed by atoms with E-state index in [0.717, 1.165) is 38.0 Å². The van der Waals surface area contributed by atoms with Gasteiger partial charge < -0.3 is 5.32 Å². The van der Waals surface area contributed by atoms with E-state index in [2.05, 4.69) is 33.1 Å². The van der Waals surface area contributed by atoms with Gasteiger partial charge in [-0.05, 0) is 43.7 Å².